The van der Waals surface area contributed by atoms with Gasteiger partial charge in [-0.2, -0.15) is 0 Å². The Morgan fingerprint density at radius 1 is 0.128 bits per heavy atom. The van der Waals surface area contributed by atoms with Crippen LogP contribution in [0.5, 0.6) is 0 Å². The zero-order valence-electron chi connectivity index (χ0n) is 42.8. The monoisotopic (exact) mass is 993 g/mol. The summed E-state index contributed by atoms with van der Waals surface area (Å²) in [6.45, 7) is 0. The van der Waals surface area contributed by atoms with Gasteiger partial charge in [0, 0.05) is 33.4 Å². The molecule has 366 valence electrons. The fraction of sp³-hybridized carbons (Fsp3) is 0. The van der Waals surface area contributed by atoms with Gasteiger partial charge in [0.25, 0.3) is 0 Å². The molecule has 0 N–H and O–H groups in total. The van der Waals surface area contributed by atoms with Crippen LogP contribution >= 0.6 is 0 Å². The molecule has 13 aromatic rings. The first kappa shape index (κ1) is 47.4. The van der Waals surface area contributed by atoms with E-state index in [1.807, 2.05) is 0 Å². The van der Waals surface area contributed by atoms with E-state index in [0.717, 1.165) is 134 Å². The molecule has 3 nitrogen and oxygen atoms in total. The summed E-state index contributed by atoms with van der Waals surface area (Å²) in [5.74, 6) is 0. The number of nitrogens with zero attached hydrogens (tertiary/aromatic N) is 3. The van der Waals surface area contributed by atoms with Gasteiger partial charge in [-0.15, -0.1) is 0 Å². The maximum absolute atomic E-state index is 5.58. The molecule has 0 radical (unpaired) electrons. The van der Waals surface area contributed by atoms with Crippen molar-refractivity contribution in [2.45, 2.75) is 0 Å². The molecule has 3 heterocycles. The lowest BCUT2D eigenvalue weighted by molar-refractivity contribution is 1.29. The predicted molar refractivity (Wildman–Crippen MR) is 325 cm³/mol. The van der Waals surface area contributed by atoms with E-state index < -0.39 is 0 Å². The predicted octanol–water partition coefficient (Wildman–Crippen LogP) is 19.9. The van der Waals surface area contributed by atoms with Gasteiger partial charge in [0.1, 0.15) is 0 Å². The molecular formula is C75H51N3. The Morgan fingerprint density at radius 2 is 0.295 bits per heavy atom. The minimum absolute atomic E-state index is 0.833. The van der Waals surface area contributed by atoms with Gasteiger partial charge in [-0.3, -0.25) is 0 Å². The molecule has 3 aromatic heterocycles. The molecule has 0 bridgehead atoms. The number of hydrogen-bond donors (Lipinski definition) is 0. The summed E-state index contributed by atoms with van der Waals surface area (Å²) < 4.78 is 0. The summed E-state index contributed by atoms with van der Waals surface area (Å²) in [7, 11) is 0. The van der Waals surface area contributed by atoms with Crippen molar-refractivity contribution < 1.29 is 0 Å². The summed E-state index contributed by atoms with van der Waals surface area (Å²) in [5, 5.41) is 0. The van der Waals surface area contributed by atoms with E-state index in [9.17, 15) is 0 Å². The van der Waals surface area contributed by atoms with Crippen LogP contribution in [-0.4, -0.2) is 15.0 Å². The lowest BCUT2D eigenvalue weighted by Crippen LogP contribution is -1.97. The molecule has 13 rings (SSSR count). The fourth-order valence-electron chi connectivity index (χ4n) is 10.7. The minimum Gasteiger partial charge on any atom is -0.248 e. The van der Waals surface area contributed by atoms with E-state index in [-0.39, 0.29) is 0 Å². The molecule has 0 unspecified atom stereocenters. The second kappa shape index (κ2) is 21.5. The summed E-state index contributed by atoms with van der Waals surface area (Å²) in [5.41, 5.74) is 24.6. The van der Waals surface area contributed by atoms with Crippen molar-refractivity contribution in [1.29, 1.82) is 0 Å². The lowest BCUT2D eigenvalue weighted by Gasteiger charge is -2.17. The van der Waals surface area contributed by atoms with Crippen molar-refractivity contribution in [1.82, 2.24) is 15.0 Å². The Bertz CT molecular complexity index is 3770. The molecule has 3 heteroatoms. The minimum atomic E-state index is 0.833. The highest BCUT2D eigenvalue weighted by molar-refractivity contribution is 5.92. The molecule has 0 fully saturated rings. The third-order valence-electron chi connectivity index (χ3n) is 14.5. The van der Waals surface area contributed by atoms with Crippen LogP contribution in [0.25, 0.3) is 134 Å². The average Bonchev–Trinajstić information content (AvgIpc) is 3.57. The van der Waals surface area contributed by atoms with Gasteiger partial charge in [0.05, 0.1) is 34.2 Å². The van der Waals surface area contributed by atoms with Crippen LogP contribution in [0.3, 0.4) is 0 Å². The number of pyridine rings is 3. The van der Waals surface area contributed by atoms with Crippen LogP contribution in [0.2, 0.25) is 0 Å². The average molecular weight is 994 g/mol. The fourth-order valence-corrected chi connectivity index (χ4v) is 10.7. The van der Waals surface area contributed by atoms with E-state index in [1.165, 1.54) is 0 Å². The molecule has 0 atom stereocenters. The summed E-state index contributed by atoms with van der Waals surface area (Å²) >= 11 is 0. The Labute approximate surface area is 456 Å². The lowest BCUT2D eigenvalue weighted by atomic mass is 9.90. The largest absolute Gasteiger partial charge is 0.248 e. The van der Waals surface area contributed by atoms with Crippen molar-refractivity contribution >= 4 is 0 Å². The van der Waals surface area contributed by atoms with E-state index >= 15 is 0 Å². The van der Waals surface area contributed by atoms with Crippen LogP contribution in [-0.2, 0) is 0 Å². The van der Waals surface area contributed by atoms with Gasteiger partial charge in [0.15, 0.2) is 0 Å². The van der Waals surface area contributed by atoms with E-state index in [0.29, 0.717) is 0 Å². The van der Waals surface area contributed by atoms with Gasteiger partial charge in [0.2, 0.25) is 0 Å². The number of benzene rings is 10. The van der Waals surface area contributed by atoms with Gasteiger partial charge in [-0.25, -0.2) is 15.0 Å². The summed E-state index contributed by atoms with van der Waals surface area (Å²) in [6, 6.07) is 110. The zero-order chi connectivity index (χ0) is 52.0. The Balaban J connectivity index is 1.09. The molecule has 0 aliphatic heterocycles. The summed E-state index contributed by atoms with van der Waals surface area (Å²) in [6.07, 6.45) is 0. The topological polar surface area (TPSA) is 38.7 Å². The van der Waals surface area contributed by atoms with Crippen LogP contribution in [0.4, 0.5) is 0 Å². The molecule has 78 heavy (non-hydrogen) atoms. The number of aromatic nitrogens is 3. The van der Waals surface area contributed by atoms with Gasteiger partial charge in [-0.1, -0.05) is 255 Å². The molecule has 0 saturated heterocycles. The zero-order valence-corrected chi connectivity index (χ0v) is 42.8. The normalized spacial score (nSPS) is 11.1. The van der Waals surface area contributed by atoms with E-state index in [4.69, 9.17) is 15.0 Å². The first-order valence-corrected chi connectivity index (χ1v) is 26.5. The standard InChI is InChI=1S/C75H51N3/c1-7-25-52(26-8-1)64-37-19-22-40-67(64)58-46-70(55-31-13-4-14-32-55)76-73(49-58)61-43-62(74-50-59(47-71(77-74)56-33-15-5-16-34-56)68-41-23-20-38-65(68)53-27-9-2-10-28-53)45-63(44-61)75-51-60(48-72(78-75)57-35-17-6-18-36-57)69-42-24-21-39-66(69)54-29-11-3-12-30-54/h1-51H. The highest BCUT2D eigenvalue weighted by Crippen LogP contribution is 2.42. The third-order valence-corrected chi connectivity index (χ3v) is 14.5. The van der Waals surface area contributed by atoms with Crippen LogP contribution < -0.4 is 0 Å². The van der Waals surface area contributed by atoms with Crippen molar-refractivity contribution in [3.05, 3.63) is 309 Å². The van der Waals surface area contributed by atoms with Crippen molar-refractivity contribution in [3.8, 4) is 134 Å². The Morgan fingerprint density at radius 3 is 0.513 bits per heavy atom. The van der Waals surface area contributed by atoms with E-state index in [2.05, 4.69) is 309 Å². The molecule has 0 aliphatic carbocycles. The highest BCUT2D eigenvalue weighted by atomic mass is 14.7. The molecule has 10 aromatic carbocycles. The SMILES string of the molecule is c1ccc(-c2cc(-c3ccccc3-c3ccccc3)cc(-c3cc(-c4cc(-c5ccccc5-c5ccccc5)cc(-c5ccccc5)n4)cc(-c4cc(-c5ccccc5-c5ccccc5)cc(-c5ccccc5)n4)c3)n2)cc1. The number of hydrogen-bond acceptors (Lipinski definition) is 3. The Kier molecular flexibility index (Phi) is 13.0. The maximum Gasteiger partial charge on any atom is 0.0716 e. The van der Waals surface area contributed by atoms with Crippen molar-refractivity contribution in [2.24, 2.45) is 0 Å². The van der Waals surface area contributed by atoms with Crippen molar-refractivity contribution in [3.63, 3.8) is 0 Å². The first-order chi connectivity index (χ1) is 38.6. The third kappa shape index (κ3) is 9.88. The number of rotatable bonds is 12. The molecule has 0 spiro atoms. The smallest absolute Gasteiger partial charge is 0.0716 e. The van der Waals surface area contributed by atoms with Gasteiger partial charge < -0.3 is 0 Å². The summed E-state index contributed by atoms with van der Waals surface area (Å²) in [4.78, 5) is 16.7. The maximum atomic E-state index is 5.58. The quantitative estimate of drug-likeness (QED) is 0.122. The van der Waals surface area contributed by atoms with Crippen LogP contribution in [0.1, 0.15) is 0 Å². The Hall–Kier alpha value is -10.4. The second-order valence-electron chi connectivity index (χ2n) is 19.5. The molecule has 0 aliphatic rings. The van der Waals surface area contributed by atoms with Gasteiger partial charge in [-0.05, 0) is 121 Å². The van der Waals surface area contributed by atoms with E-state index in [1.54, 1.807) is 0 Å². The molecule has 0 amide bonds. The van der Waals surface area contributed by atoms with Crippen LogP contribution in [0.15, 0.2) is 309 Å². The van der Waals surface area contributed by atoms with Crippen LogP contribution in [0, 0.1) is 0 Å². The highest BCUT2D eigenvalue weighted by Gasteiger charge is 2.20. The first-order valence-electron chi connectivity index (χ1n) is 26.5. The van der Waals surface area contributed by atoms with Crippen molar-refractivity contribution in [2.75, 3.05) is 0 Å². The molecular weight excluding hydrogens is 943 g/mol. The second-order valence-corrected chi connectivity index (χ2v) is 19.5. The van der Waals surface area contributed by atoms with Gasteiger partial charge >= 0.3 is 0 Å². The molecule has 0 saturated carbocycles.